The lowest BCUT2D eigenvalue weighted by atomic mass is 10.2. The van der Waals surface area contributed by atoms with Gasteiger partial charge in [0.25, 0.3) is 5.97 Å². The summed E-state index contributed by atoms with van der Waals surface area (Å²) in [6, 6.07) is 6.72. The van der Waals surface area contributed by atoms with Gasteiger partial charge in [0.1, 0.15) is 11.3 Å². The molecule has 0 aliphatic rings. The van der Waals surface area contributed by atoms with Gasteiger partial charge in [-0.3, -0.25) is 4.79 Å². The summed E-state index contributed by atoms with van der Waals surface area (Å²) in [4.78, 5) is 19.8. The minimum Gasteiger partial charge on any atom is -0.493 e. The van der Waals surface area contributed by atoms with E-state index in [9.17, 15) is 4.79 Å². The number of hydrogen-bond donors (Lipinski definition) is 2. The highest BCUT2D eigenvalue weighted by molar-refractivity contribution is 5.90. The Kier molecular flexibility index (Phi) is 8.87. The lowest BCUT2D eigenvalue weighted by Gasteiger charge is -2.08. The van der Waals surface area contributed by atoms with Crippen molar-refractivity contribution in [1.82, 2.24) is 0 Å². The second kappa shape index (κ2) is 9.94. The Labute approximate surface area is 112 Å². The second-order valence-electron chi connectivity index (χ2n) is 3.88. The fraction of sp³-hybridized carbons (Fsp3) is 0.429. The molecule has 0 aromatic heterocycles. The monoisotopic (exact) mass is 268 g/mol. The average molecular weight is 268 g/mol. The van der Waals surface area contributed by atoms with Crippen LogP contribution in [0, 0.1) is 0 Å². The molecular formula is C14H20O5. The van der Waals surface area contributed by atoms with E-state index in [1.165, 1.54) is 0 Å². The maximum absolute atomic E-state index is 10.8. The number of carbonyl (C=O) groups is 2. The predicted octanol–water partition coefficient (Wildman–Crippen LogP) is 3.04. The Morgan fingerprint density at radius 1 is 1.16 bits per heavy atom. The quantitative estimate of drug-likeness (QED) is 0.775. The van der Waals surface area contributed by atoms with Crippen LogP contribution in [0.3, 0.4) is 0 Å². The third kappa shape index (κ3) is 8.65. The molecule has 2 N–H and O–H groups in total. The first-order chi connectivity index (χ1) is 8.99. The standard InChI is InChI=1S/C12H16O3.C2H4O2/c1-2-3-6-9-15-11-8-5-4-7-10(11)12(13)14;1-2(3)4/h4-5,7-8H,2-3,6,9H2,1H3,(H,13,14);1H3,(H,3,4). The molecule has 0 heterocycles. The van der Waals surface area contributed by atoms with E-state index in [1.54, 1.807) is 24.3 Å². The number of rotatable bonds is 6. The van der Waals surface area contributed by atoms with E-state index in [-0.39, 0.29) is 5.56 Å². The molecule has 0 radical (unpaired) electrons. The number of unbranched alkanes of at least 4 members (excludes halogenated alkanes) is 2. The van der Waals surface area contributed by atoms with E-state index < -0.39 is 11.9 Å². The van der Waals surface area contributed by atoms with Gasteiger partial charge in [0.05, 0.1) is 6.61 Å². The summed E-state index contributed by atoms with van der Waals surface area (Å²) in [6.07, 6.45) is 3.20. The molecule has 0 saturated heterocycles. The molecule has 0 atom stereocenters. The van der Waals surface area contributed by atoms with Crippen LogP contribution in [0.4, 0.5) is 0 Å². The van der Waals surface area contributed by atoms with Gasteiger partial charge in [-0.2, -0.15) is 0 Å². The fourth-order valence-electron chi connectivity index (χ4n) is 1.30. The van der Waals surface area contributed by atoms with Gasteiger partial charge in [-0.15, -0.1) is 0 Å². The molecule has 106 valence electrons. The van der Waals surface area contributed by atoms with Crippen molar-refractivity contribution < 1.29 is 24.5 Å². The molecule has 1 aromatic carbocycles. The normalized spacial score (nSPS) is 9.16. The molecule has 0 spiro atoms. The van der Waals surface area contributed by atoms with Gasteiger partial charge < -0.3 is 14.9 Å². The highest BCUT2D eigenvalue weighted by atomic mass is 16.5. The van der Waals surface area contributed by atoms with Gasteiger partial charge in [-0.25, -0.2) is 4.79 Å². The van der Waals surface area contributed by atoms with Gasteiger partial charge in [-0.05, 0) is 18.6 Å². The van der Waals surface area contributed by atoms with Crippen molar-refractivity contribution in [2.75, 3.05) is 6.61 Å². The first-order valence-electron chi connectivity index (χ1n) is 6.13. The number of para-hydroxylation sites is 1. The van der Waals surface area contributed by atoms with Crippen LogP contribution in [0.5, 0.6) is 5.75 Å². The Morgan fingerprint density at radius 3 is 2.26 bits per heavy atom. The Balaban J connectivity index is 0.000000711. The second-order valence-corrected chi connectivity index (χ2v) is 3.88. The van der Waals surface area contributed by atoms with Gasteiger partial charge in [0, 0.05) is 6.92 Å². The van der Waals surface area contributed by atoms with Crippen LogP contribution in [0.1, 0.15) is 43.5 Å². The molecule has 0 fully saturated rings. The molecule has 19 heavy (non-hydrogen) atoms. The zero-order chi connectivity index (χ0) is 14.7. The van der Waals surface area contributed by atoms with Gasteiger partial charge in [0.2, 0.25) is 0 Å². The SMILES string of the molecule is CC(=O)O.CCCCCOc1ccccc1C(=O)O. The van der Waals surface area contributed by atoms with E-state index in [0.717, 1.165) is 26.2 Å². The van der Waals surface area contributed by atoms with Crippen molar-refractivity contribution in [1.29, 1.82) is 0 Å². The van der Waals surface area contributed by atoms with E-state index in [0.29, 0.717) is 12.4 Å². The molecule has 5 heteroatoms. The summed E-state index contributed by atoms with van der Waals surface area (Å²) in [5.41, 5.74) is 0.231. The van der Waals surface area contributed by atoms with Crippen molar-refractivity contribution in [2.45, 2.75) is 33.1 Å². The molecule has 5 nitrogen and oxygen atoms in total. The van der Waals surface area contributed by atoms with Crippen LogP contribution in [0.25, 0.3) is 0 Å². The minimum absolute atomic E-state index is 0.231. The minimum atomic E-state index is -0.943. The lowest BCUT2D eigenvalue weighted by Crippen LogP contribution is -2.04. The molecular weight excluding hydrogens is 248 g/mol. The van der Waals surface area contributed by atoms with Crippen molar-refractivity contribution >= 4 is 11.9 Å². The number of hydrogen-bond acceptors (Lipinski definition) is 3. The molecule has 0 bridgehead atoms. The highest BCUT2D eigenvalue weighted by Gasteiger charge is 2.09. The summed E-state index contributed by atoms with van der Waals surface area (Å²) < 4.78 is 5.42. The predicted molar refractivity (Wildman–Crippen MR) is 71.7 cm³/mol. The Morgan fingerprint density at radius 2 is 1.74 bits per heavy atom. The van der Waals surface area contributed by atoms with Crippen LogP contribution in [-0.2, 0) is 4.79 Å². The summed E-state index contributed by atoms with van der Waals surface area (Å²) in [5.74, 6) is -1.32. The van der Waals surface area contributed by atoms with Crippen LogP contribution < -0.4 is 4.74 Å². The van der Waals surface area contributed by atoms with Crippen LogP contribution in [0.2, 0.25) is 0 Å². The van der Waals surface area contributed by atoms with E-state index in [2.05, 4.69) is 6.92 Å². The first-order valence-corrected chi connectivity index (χ1v) is 6.13. The van der Waals surface area contributed by atoms with E-state index in [4.69, 9.17) is 19.7 Å². The summed E-state index contributed by atoms with van der Waals surface area (Å²) in [6.45, 7) is 3.78. The smallest absolute Gasteiger partial charge is 0.339 e. The molecule has 0 saturated carbocycles. The van der Waals surface area contributed by atoms with Crippen LogP contribution >= 0.6 is 0 Å². The first kappa shape index (κ1) is 17.0. The molecule has 0 aliphatic heterocycles. The van der Waals surface area contributed by atoms with E-state index >= 15 is 0 Å². The maximum Gasteiger partial charge on any atom is 0.339 e. The van der Waals surface area contributed by atoms with Crippen molar-refractivity contribution in [3.05, 3.63) is 29.8 Å². The molecule has 0 unspecified atom stereocenters. The number of benzene rings is 1. The summed E-state index contributed by atoms with van der Waals surface area (Å²) in [5, 5.41) is 16.3. The topological polar surface area (TPSA) is 83.8 Å². The van der Waals surface area contributed by atoms with Crippen LogP contribution in [0.15, 0.2) is 24.3 Å². The fourth-order valence-corrected chi connectivity index (χ4v) is 1.30. The molecule has 1 aromatic rings. The highest BCUT2D eigenvalue weighted by Crippen LogP contribution is 2.18. The third-order valence-electron chi connectivity index (χ3n) is 2.12. The van der Waals surface area contributed by atoms with E-state index in [1.807, 2.05) is 0 Å². The number of carboxylic acid groups (broad SMARTS) is 2. The Hall–Kier alpha value is -2.04. The zero-order valence-electron chi connectivity index (χ0n) is 11.3. The number of aliphatic carboxylic acids is 1. The van der Waals surface area contributed by atoms with Crippen LogP contribution in [-0.4, -0.2) is 28.8 Å². The number of ether oxygens (including phenoxy) is 1. The lowest BCUT2D eigenvalue weighted by molar-refractivity contribution is -0.134. The van der Waals surface area contributed by atoms with Gasteiger partial charge in [0.15, 0.2) is 0 Å². The number of aromatic carboxylic acids is 1. The largest absolute Gasteiger partial charge is 0.493 e. The zero-order valence-corrected chi connectivity index (χ0v) is 11.3. The molecule has 0 aliphatic carbocycles. The molecule has 1 rings (SSSR count). The third-order valence-corrected chi connectivity index (χ3v) is 2.12. The van der Waals surface area contributed by atoms with Crippen molar-refractivity contribution in [3.63, 3.8) is 0 Å². The van der Waals surface area contributed by atoms with Gasteiger partial charge >= 0.3 is 5.97 Å². The number of carboxylic acids is 2. The summed E-state index contributed by atoms with van der Waals surface area (Å²) in [7, 11) is 0. The maximum atomic E-state index is 10.8. The average Bonchev–Trinajstić information content (AvgIpc) is 2.34. The van der Waals surface area contributed by atoms with Crippen molar-refractivity contribution in [3.8, 4) is 5.75 Å². The molecule has 0 amide bonds. The summed E-state index contributed by atoms with van der Waals surface area (Å²) >= 11 is 0. The Bertz CT molecular complexity index is 397. The van der Waals surface area contributed by atoms with Crippen molar-refractivity contribution in [2.24, 2.45) is 0 Å². The van der Waals surface area contributed by atoms with Gasteiger partial charge in [-0.1, -0.05) is 31.9 Å².